The number of carboxylic acids is 2. The number of rotatable bonds is 12. The Morgan fingerprint density at radius 3 is 2.11 bits per heavy atom. The molecule has 10 nitrogen and oxygen atoms in total. The van der Waals surface area contributed by atoms with Crippen LogP contribution in [0.1, 0.15) is 13.3 Å². The van der Waals surface area contributed by atoms with Crippen molar-refractivity contribution in [2.75, 3.05) is 36.5 Å². The van der Waals surface area contributed by atoms with E-state index < -0.39 is 34.5 Å². The molecule has 0 bridgehead atoms. The lowest BCUT2D eigenvalue weighted by Gasteiger charge is -2.31. The molecule has 0 radical (unpaired) electrons. The molecule has 0 spiro atoms. The van der Waals surface area contributed by atoms with Crippen LogP contribution in [0.15, 0.2) is 59.5 Å². The summed E-state index contributed by atoms with van der Waals surface area (Å²) < 4.78 is 38.8. The summed E-state index contributed by atoms with van der Waals surface area (Å²) in [5.41, 5.74) is 0.725. The molecular weight excluding hydrogens is 512 g/mol. The van der Waals surface area contributed by atoms with Gasteiger partial charge in [0.15, 0.2) is 11.5 Å². The number of terminal acetylenes is 1. The standard InChI is InChI=1S/C27H28N2O8S/c1-5-14-28(18(2)15-26(30)31)22-11-12-23(21-9-7-6-8-20(21)22)29(17-27(32)33)38(34,35)19-10-13-24(36-3)25(16-19)37-4/h1,6-13,16,18H,14-15,17H2,2-4H3,(H,30,31)(H,32,33)/t18-/m0/s1. The monoisotopic (exact) mass is 540 g/mol. The summed E-state index contributed by atoms with van der Waals surface area (Å²) in [7, 11) is -1.60. The third kappa shape index (κ3) is 5.76. The van der Waals surface area contributed by atoms with Gasteiger partial charge in [-0.2, -0.15) is 0 Å². The van der Waals surface area contributed by atoms with Crippen LogP contribution >= 0.6 is 0 Å². The van der Waals surface area contributed by atoms with Crippen LogP contribution in [-0.2, 0) is 19.6 Å². The molecule has 1 atom stereocenters. The predicted octanol–water partition coefficient (Wildman–Crippen LogP) is 3.44. The predicted molar refractivity (Wildman–Crippen MR) is 144 cm³/mol. The maximum atomic E-state index is 13.8. The number of nitrogens with zero attached hydrogens (tertiary/aromatic N) is 2. The molecule has 0 heterocycles. The first-order chi connectivity index (χ1) is 18.0. The number of fused-ring (bicyclic) bond motifs is 1. The third-order valence-corrected chi connectivity index (χ3v) is 7.70. The highest BCUT2D eigenvalue weighted by molar-refractivity contribution is 7.92. The average Bonchev–Trinajstić information content (AvgIpc) is 2.89. The molecule has 2 N–H and O–H groups in total. The van der Waals surface area contributed by atoms with Gasteiger partial charge in [0, 0.05) is 28.6 Å². The van der Waals surface area contributed by atoms with Crippen LogP contribution < -0.4 is 18.7 Å². The van der Waals surface area contributed by atoms with Gasteiger partial charge in [0.05, 0.1) is 37.8 Å². The number of methoxy groups -OCH3 is 2. The molecule has 0 aliphatic carbocycles. The van der Waals surface area contributed by atoms with Gasteiger partial charge in [-0.1, -0.05) is 30.2 Å². The maximum absolute atomic E-state index is 13.8. The van der Waals surface area contributed by atoms with Gasteiger partial charge in [-0.3, -0.25) is 13.9 Å². The fourth-order valence-corrected chi connectivity index (χ4v) is 5.65. The van der Waals surface area contributed by atoms with Crippen molar-refractivity contribution in [3.05, 3.63) is 54.6 Å². The zero-order chi connectivity index (χ0) is 28.0. The smallest absolute Gasteiger partial charge is 0.324 e. The van der Waals surface area contributed by atoms with Crippen LogP contribution in [0.2, 0.25) is 0 Å². The Bertz CT molecular complexity index is 1500. The second-order valence-corrected chi connectivity index (χ2v) is 10.2. The van der Waals surface area contributed by atoms with E-state index in [1.807, 2.05) is 0 Å². The first-order valence-electron chi connectivity index (χ1n) is 11.4. The number of carbonyl (C=O) groups is 2. The van der Waals surface area contributed by atoms with Gasteiger partial charge in [-0.15, -0.1) is 6.42 Å². The average molecular weight is 541 g/mol. The van der Waals surface area contributed by atoms with Gasteiger partial charge < -0.3 is 24.6 Å². The molecule has 0 aliphatic rings. The summed E-state index contributed by atoms with van der Waals surface area (Å²) in [6, 6.07) is 13.5. The molecule has 11 heteroatoms. The van der Waals surface area contributed by atoms with E-state index in [9.17, 15) is 28.2 Å². The quantitative estimate of drug-likeness (QED) is 0.331. The number of hydrogen-bond acceptors (Lipinski definition) is 7. The maximum Gasteiger partial charge on any atom is 0.324 e. The highest BCUT2D eigenvalue weighted by Gasteiger charge is 2.30. The lowest BCUT2D eigenvalue weighted by molar-refractivity contribution is -0.137. The summed E-state index contributed by atoms with van der Waals surface area (Å²) in [5, 5.41) is 20.0. The summed E-state index contributed by atoms with van der Waals surface area (Å²) >= 11 is 0. The van der Waals surface area contributed by atoms with Crippen molar-refractivity contribution < 1.29 is 37.7 Å². The minimum absolute atomic E-state index is 0.112. The minimum atomic E-state index is -4.38. The van der Waals surface area contributed by atoms with Crippen LogP contribution in [0.3, 0.4) is 0 Å². The number of sulfonamides is 1. The number of anilines is 2. The van der Waals surface area contributed by atoms with E-state index in [2.05, 4.69) is 5.92 Å². The SMILES string of the molecule is C#CCN(c1ccc(N(CC(=O)O)S(=O)(=O)c2ccc(OC)c(OC)c2)c2ccccc12)[C@@H](C)CC(=O)O. The third-order valence-electron chi connectivity index (χ3n) is 5.94. The minimum Gasteiger partial charge on any atom is -0.493 e. The number of aliphatic carboxylic acids is 2. The van der Waals surface area contributed by atoms with E-state index in [-0.39, 0.29) is 29.3 Å². The topological polar surface area (TPSA) is 134 Å². The van der Waals surface area contributed by atoms with E-state index in [1.54, 1.807) is 42.2 Å². The van der Waals surface area contributed by atoms with Gasteiger partial charge >= 0.3 is 11.9 Å². The van der Waals surface area contributed by atoms with Crippen molar-refractivity contribution in [1.82, 2.24) is 0 Å². The number of hydrogen-bond donors (Lipinski definition) is 2. The zero-order valence-electron chi connectivity index (χ0n) is 21.1. The van der Waals surface area contributed by atoms with E-state index in [0.717, 1.165) is 4.31 Å². The second-order valence-electron chi connectivity index (χ2n) is 8.35. The van der Waals surface area contributed by atoms with Crippen molar-refractivity contribution >= 4 is 44.1 Å². The molecule has 3 rings (SSSR count). The van der Waals surface area contributed by atoms with Crippen molar-refractivity contribution in [2.45, 2.75) is 24.3 Å². The Kier molecular flexibility index (Phi) is 8.70. The Morgan fingerprint density at radius 2 is 1.55 bits per heavy atom. The van der Waals surface area contributed by atoms with Crippen molar-refractivity contribution in [1.29, 1.82) is 0 Å². The van der Waals surface area contributed by atoms with Crippen LogP contribution in [0, 0.1) is 12.3 Å². The first-order valence-corrected chi connectivity index (χ1v) is 12.9. The lowest BCUT2D eigenvalue weighted by Crippen LogP contribution is -2.37. The molecule has 38 heavy (non-hydrogen) atoms. The largest absolute Gasteiger partial charge is 0.493 e. The molecule has 3 aromatic rings. The summed E-state index contributed by atoms with van der Waals surface area (Å²) in [6.45, 7) is 0.997. The lowest BCUT2D eigenvalue weighted by atomic mass is 10.0. The van der Waals surface area contributed by atoms with Crippen molar-refractivity contribution in [3.63, 3.8) is 0 Å². The van der Waals surface area contributed by atoms with E-state index in [1.165, 1.54) is 38.5 Å². The molecule has 3 aromatic carbocycles. The molecule has 0 amide bonds. The van der Waals surface area contributed by atoms with Crippen LogP contribution in [0.5, 0.6) is 11.5 Å². The van der Waals surface area contributed by atoms with Gasteiger partial charge in [0.25, 0.3) is 10.0 Å². The molecule has 0 saturated carbocycles. The van der Waals surface area contributed by atoms with Gasteiger partial charge in [-0.25, -0.2) is 8.42 Å². The Balaban J connectivity index is 2.24. The first kappa shape index (κ1) is 28.1. The van der Waals surface area contributed by atoms with Gasteiger partial charge in [0.1, 0.15) is 6.54 Å². The van der Waals surface area contributed by atoms with Crippen LogP contribution in [0.25, 0.3) is 10.8 Å². The van der Waals surface area contributed by atoms with E-state index >= 15 is 0 Å². The Hall–Kier alpha value is -4.43. The number of benzene rings is 3. The van der Waals surface area contributed by atoms with Gasteiger partial charge in [0.2, 0.25) is 0 Å². The Labute approximate surface area is 221 Å². The summed E-state index contributed by atoms with van der Waals surface area (Å²) in [6.07, 6.45) is 5.40. The van der Waals surface area contributed by atoms with Crippen LogP contribution in [0.4, 0.5) is 11.4 Å². The summed E-state index contributed by atoms with van der Waals surface area (Å²) in [4.78, 5) is 24.8. The van der Waals surface area contributed by atoms with Gasteiger partial charge in [-0.05, 0) is 31.2 Å². The summed E-state index contributed by atoms with van der Waals surface area (Å²) in [5.74, 6) is 0.677. The normalized spacial score (nSPS) is 11.8. The molecule has 200 valence electrons. The highest BCUT2D eigenvalue weighted by Crippen LogP contribution is 2.38. The molecule has 0 unspecified atom stereocenters. The van der Waals surface area contributed by atoms with E-state index in [4.69, 9.17) is 15.9 Å². The molecular formula is C27H28N2O8S. The zero-order valence-corrected chi connectivity index (χ0v) is 21.9. The van der Waals surface area contributed by atoms with Crippen LogP contribution in [-0.4, -0.2) is 63.9 Å². The second kappa shape index (κ2) is 11.7. The fourth-order valence-electron chi connectivity index (χ4n) is 4.20. The number of ether oxygens (including phenoxy) is 2. The molecule has 0 saturated heterocycles. The molecule has 0 aliphatic heterocycles. The van der Waals surface area contributed by atoms with Crippen molar-refractivity contribution in [2.24, 2.45) is 0 Å². The Morgan fingerprint density at radius 1 is 0.947 bits per heavy atom. The molecule has 0 fully saturated rings. The van der Waals surface area contributed by atoms with E-state index in [0.29, 0.717) is 22.2 Å². The molecule has 0 aromatic heterocycles. The highest BCUT2D eigenvalue weighted by atomic mass is 32.2. The number of carboxylic acid groups (broad SMARTS) is 2. The fraction of sp³-hybridized carbons (Fsp3) is 0.259. The van der Waals surface area contributed by atoms with Crippen molar-refractivity contribution in [3.8, 4) is 23.8 Å².